The number of halogens is 1. The number of nitrogens with two attached hydrogens (primary N) is 1. The van der Waals surface area contributed by atoms with Gasteiger partial charge < -0.3 is 15.6 Å². The number of imide groups is 1. The van der Waals surface area contributed by atoms with E-state index in [0.717, 1.165) is 4.90 Å². The Morgan fingerprint density at radius 3 is 2.82 bits per heavy atom. The molecule has 0 radical (unpaired) electrons. The van der Waals surface area contributed by atoms with Crippen LogP contribution in [0.25, 0.3) is 0 Å². The van der Waals surface area contributed by atoms with Gasteiger partial charge in [0.2, 0.25) is 11.8 Å². The molecule has 1 aliphatic heterocycles. The lowest BCUT2D eigenvalue weighted by molar-refractivity contribution is -0.146. The smallest absolute Gasteiger partial charge is 0.337 e. The van der Waals surface area contributed by atoms with E-state index in [4.69, 9.17) is 33.8 Å². The zero-order valence-corrected chi connectivity index (χ0v) is 22.5. The van der Waals surface area contributed by atoms with Crippen LogP contribution in [-0.4, -0.2) is 60.4 Å². The van der Waals surface area contributed by atoms with Crippen molar-refractivity contribution in [2.45, 2.75) is 45.4 Å². The number of aliphatic imine (C=N–C) groups is 1. The second-order valence-electron chi connectivity index (χ2n) is 9.11. The van der Waals surface area contributed by atoms with Crippen LogP contribution < -0.4 is 16.0 Å². The predicted octanol–water partition coefficient (Wildman–Crippen LogP) is 4.07. The summed E-state index contributed by atoms with van der Waals surface area (Å²) in [6.07, 6.45) is 1.17. The van der Waals surface area contributed by atoms with Gasteiger partial charge in [-0.15, -0.1) is 0 Å². The third kappa shape index (κ3) is 7.70. The van der Waals surface area contributed by atoms with Crippen LogP contribution in [0.15, 0.2) is 41.4 Å². The highest BCUT2D eigenvalue weighted by atomic mass is 35.5. The minimum atomic E-state index is -3.13. The molecule has 0 saturated heterocycles. The lowest BCUT2D eigenvalue weighted by Gasteiger charge is -2.26. The van der Waals surface area contributed by atoms with Gasteiger partial charge in [0, 0.05) is 21.2 Å². The van der Waals surface area contributed by atoms with E-state index < -0.39 is 49.6 Å². The number of nitrogens with one attached hydrogen (secondary N) is 1. The van der Waals surface area contributed by atoms with Crippen molar-refractivity contribution < 1.29 is 35.9 Å². The first-order valence-electron chi connectivity index (χ1n) is 14.8. The summed E-state index contributed by atoms with van der Waals surface area (Å²) in [6.45, 7) is -4.87. The molecule has 1 unspecified atom stereocenters. The highest BCUT2D eigenvalue weighted by molar-refractivity contribution is 6.30. The maximum atomic E-state index is 13.9. The number of anilines is 1. The number of rotatable bonds is 11. The molecular formula is C28H35ClN4O6. The van der Waals surface area contributed by atoms with Gasteiger partial charge in [0.25, 0.3) is 0 Å². The summed E-state index contributed by atoms with van der Waals surface area (Å²) in [6, 6.07) is 9.40. The van der Waals surface area contributed by atoms with Gasteiger partial charge in [-0.05, 0) is 67.1 Å². The van der Waals surface area contributed by atoms with Gasteiger partial charge in [0.15, 0.2) is 0 Å². The van der Waals surface area contributed by atoms with E-state index >= 15 is 0 Å². The van der Waals surface area contributed by atoms with Crippen LogP contribution in [0, 0.1) is 5.92 Å². The van der Waals surface area contributed by atoms with Crippen molar-refractivity contribution in [3.05, 3.63) is 58.1 Å². The Morgan fingerprint density at radius 2 is 2.15 bits per heavy atom. The minimum absolute atomic E-state index is 0.0456. The molecule has 0 bridgehead atoms. The monoisotopic (exact) mass is 563 g/mol. The number of nitrogen functional groups attached to an aromatic ring is 1. The molecule has 10 nitrogen and oxygen atoms in total. The van der Waals surface area contributed by atoms with E-state index in [2.05, 4.69) is 10.5 Å². The zero-order valence-electron chi connectivity index (χ0n) is 26.7. The lowest BCUT2D eigenvalue weighted by Crippen LogP contribution is -2.45. The topological polar surface area (TPSA) is 144 Å². The number of hydroxylamine groups is 1. The average molecular weight is 564 g/mol. The molecule has 2 aromatic carbocycles. The van der Waals surface area contributed by atoms with E-state index in [1.165, 1.54) is 19.2 Å². The molecule has 0 saturated carbocycles. The number of aromatic carboxylic acids is 1. The number of hydrogen-bond acceptors (Lipinski definition) is 8. The first-order chi connectivity index (χ1) is 20.6. The molecule has 1 heterocycles. The summed E-state index contributed by atoms with van der Waals surface area (Å²) in [7, 11) is 1.47. The zero-order chi connectivity index (χ0) is 32.8. The molecule has 11 heteroatoms. The summed E-state index contributed by atoms with van der Waals surface area (Å²) in [5.41, 5.74) is 9.38. The average Bonchev–Trinajstić information content (AvgIpc) is 3.09. The van der Waals surface area contributed by atoms with Crippen molar-refractivity contribution in [2.75, 3.05) is 32.5 Å². The van der Waals surface area contributed by atoms with Gasteiger partial charge in [0.05, 0.1) is 41.0 Å². The summed E-state index contributed by atoms with van der Waals surface area (Å²) in [5.74, 6) is -3.23. The minimum Gasteiger partial charge on any atom is -0.496 e. The summed E-state index contributed by atoms with van der Waals surface area (Å²) in [4.78, 5) is 49.2. The Hall–Kier alpha value is -3.63. The van der Waals surface area contributed by atoms with Crippen LogP contribution in [0.1, 0.15) is 67.3 Å². The number of methoxy groups -OCH3 is 1. The van der Waals surface area contributed by atoms with E-state index in [1.54, 1.807) is 24.3 Å². The molecule has 210 valence electrons. The van der Waals surface area contributed by atoms with E-state index in [9.17, 15) is 19.5 Å². The lowest BCUT2D eigenvalue weighted by atomic mass is 9.89. The summed E-state index contributed by atoms with van der Waals surface area (Å²) >= 11 is 6.18. The Morgan fingerprint density at radius 1 is 1.36 bits per heavy atom. The number of carboxylic acids is 1. The van der Waals surface area contributed by atoms with Gasteiger partial charge in [-0.3, -0.25) is 29.8 Å². The molecule has 0 fully saturated rings. The Labute approximate surface area is 240 Å². The molecule has 39 heavy (non-hydrogen) atoms. The summed E-state index contributed by atoms with van der Waals surface area (Å²) < 4.78 is 42.9. The van der Waals surface area contributed by atoms with Crippen LogP contribution >= 0.6 is 11.6 Å². The number of ether oxygens (including phenoxy) is 1. The fourth-order valence-corrected chi connectivity index (χ4v) is 4.76. The van der Waals surface area contributed by atoms with Crippen LogP contribution in [0.5, 0.6) is 5.75 Å². The Balaban J connectivity index is 1.94. The quantitative estimate of drug-likeness (QED) is 0.274. The number of hydrogen-bond donors (Lipinski definition) is 3. The van der Waals surface area contributed by atoms with Gasteiger partial charge in [-0.25, -0.2) is 4.79 Å². The standard InChI is InChI=1S/C28H35ClN4O6/c1-4-6-17(18-7-9-22(28(36)37)23(30)13-18)14-26(34)33-16-25(32-39-5-2)31-15-20(27(33)35)11-19-12-21(29)8-10-24(19)38-3/h7-10,12-13,17,20H,4-6,11,14-16,30H2,1-3H3,(H,31,32)(H,36,37)/t17-,20?/m0/s1/i2D3,5D2. The maximum Gasteiger partial charge on any atom is 0.337 e. The number of carbonyl (C=O) groups is 3. The van der Waals surface area contributed by atoms with Crippen LogP contribution in [0.3, 0.4) is 0 Å². The highest BCUT2D eigenvalue weighted by Gasteiger charge is 2.34. The highest BCUT2D eigenvalue weighted by Crippen LogP contribution is 2.30. The molecule has 2 atom stereocenters. The van der Waals surface area contributed by atoms with Crippen molar-refractivity contribution in [3.63, 3.8) is 0 Å². The fraction of sp³-hybridized carbons (Fsp3) is 0.429. The van der Waals surface area contributed by atoms with Gasteiger partial charge >= 0.3 is 5.97 Å². The van der Waals surface area contributed by atoms with Crippen molar-refractivity contribution >= 4 is 40.9 Å². The Kier molecular flexibility index (Phi) is 8.33. The molecule has 2 amide bonds. The molecule has 4 N–H and O–H groups in total. The van der Waals surface area contributed by atoms with Crippen molar-refractivity contribution in [3.8, 4) is 5.75 Å². The Bertz CT molecular complexity index is 1420. The van der Waals surface area contributed by atoms with Crippen LogP contribution in [-0.2, 0) is 20.8 Å². The third-order valence-corrected chi connectivity index (χ3v) is 6.73. The molecular weight excluding hydrogens is 524 g/mol. The number of benzene rings is 2. The van der Waals surface area contributed by atoms with Crippen LogP contribution in [0.4, 0.5) is 5.69 Å². The third-order valence-electron chi connectivity index (χ3n) is 6.49. The van der Waals surface area contributed by atoms with E-state index in [1.807, 2.05) is 6.92 Å². The first kappa shape index (κ1) is 23.3. The number of amidine groups is 1. The summed E-state index contributed by atoms with van der Waals surface area (Å²) in [5, 5.41) is 9.75. The second kappa shape index (κ2) is 14.0. The van der Waals surface area contributed by atoms with Gasteiger partial charge in [-0.1, -0.05) is 31.0 Å². The van der Waals surface area contributed by atoms with Crippen molar-refractivity contribution in [1.29, 1.82) is 0 Å². The number of carbonyl (C=O) groups excluding carboxylic acids is 2. The van der Waals surface area contributed by atoms with Crippen molar-refractivity contribution in [1.82, 2.24) is 10.4 Å². The van der Waals surface area contributed by atoms with Crippen LogP contribution in [0.2, 0.25) is 5.02 Å². The van der Waals surface area contributed by atoms with Gasteiger partial charge in [0.1, 0.15) is 11.6 Å². The molecule has 1 aliphatic rings. The number of amides is 2. The van der Waals surface area contributed by atoms with Crippen molar-refractivity contribution in [2.24, 2.45) is 10.9 Å². The molecule has 0 spiro atoms. The fourth-order valence-electron chi connectivity index (χ4n) is 4.57. The predicted molar refractivity (Wildman–Crippen MR) is 149 cm³/mol. The maximum absolute atomic E-state index is 13.9. The van der Waals surface area contributed by atoms with Gasteiger partial charge in [-0.2, -0.15) is 0 Å². The second-order valence-corrected chi connectivity index (χ2v) is 9.55. The molecule has 3 rings (SSSR count). The normalized spacial score (nSPS) is 18.9. The van der Waals surface area contributed by atoms with E-state index in [-0.39, 0.29) is 36.5 Å². The largest absolute Gasteiger partial charge is 0.496 e. The first-order valence-corrected chi connectivity index (χ1v) is 12.7. The molecule has 0 aliphatic carbocycles. The number of nitrogens with zero attached hydrogens (tertiary/aromatic N) is 2. The molecule has 0 aromatic heterocycles. The SMILES string of the molecule is [2H]C([2H])([2H])C([2H])([2H])ONC1=NCC(Cc2cc(Cl)ccc2OC)C(=O)N(C(=O)C[C@H](CCC)c2ccc(C(=O)O)c(N)c2)C1. The number of carboxylic acid groups (broad SMARTS) is 1. The van der Waals surface area contributed by atoms with E-state index in [0.29, 0.717) is 34.7 Å². The molecule has 2 aromatic rings.